The van der Waals surface area contributed by atoms with Gasteiger partial charge in [0, 0.05) is 31.3 Å². The van der Waals surface area contributed by atoms with Crippen molar-refractivity contribution < 1.29 is 36.2 Å². The number of aromatic nitrogens is 2. The molecule has 0 bridgehead atoms. The number of rotatable bonds is 5. The maximum absolute atomic E-state index is 13.4. The summed E-state index contributed by atoms with van der Waals surface area (Å²) in [4.78, 5) is 7.33. The van der Waals surface area contributed by atoms with Crippen molar-refractivity contribution in [2.24, 2.45) is 5.14 Å². The molecular formula is C17H19F3N4O5S. The number of alkyl halides is 3. The molecule has 0 aliphatic carbocycles. The Morgan fingerprint density at radius 1 is 1.20 bits per heavy atom. The number of nitrogens with zero attached hydrogens (tertiary/aromatic N) is 2. The normalized spacial score (nSPS) is 20.4. The molecule has 2 heterocycles. The fraction of sp³-hybridized carbons (Fsp3) is 0.412. The second-order valence-electron chi connectivity index (χ2n) is 6.52. The lowest BCUT2D eigenvalue weighted by atomic mass is 10.1. The first kappa shape index (κ1) is 22.2. The van der Waals surface area contributed by atoms with Gasteiger partial charge in [0.15, 0.2) is 0 Å². The maximum Gasteiger partial charge on any atom is 0.423 e. The summed E-state index contributed by atoms with van der Waals surface area (Å²) in [5.41, 5.74) is -0.869. The third kappa shape index (κ3) is 5.56. The van der Waals surface area contributed by atoms with Crippen LogP contribution in [-0.4, -0.2) is 48.9 Å². The highest BCUT2D eigenvalue weighted by atomic mass is 32.2. The molecule has 2 aromatic rings. The number of aliphatic hydroxyl groups is 1. The fourth-order valence-corrected chi connectivity index (χ4v) is 3.25. The number of anilines is 2. The molecule has 3 rings (SSSR count). The molecule has 1 aromatic carbocycles. The molecule has 0 saturated carbocycles. The van der Waals surface area contributed by atoms with Gasteiger partial charge < -0.3 is 19.9 Å². The quantitative estimate of drug-likeness (QED) is 0.630. The lowest BCUT2D eigenvalue weighted by molar-refractivity contribution is -0.140. The van der Waals surface area contributed by atoms with Gasteiger partial charge in [-0.15, -0.1) is 0 Å². The second-order valence-corrected chi connectivity index (χ2v) is 8.08. The predicted molar refractivity (Wildman–Crippen MR) is 98.6 cm³/mol. The molecular weight excluding hydrogens is 429 g/mol. The molecule has 4 N–H and O–H groups in total. The van der Waals surface area contributed by atoms with Crippen LogP contribution in [0.2, 0.25) is 0 Å². The highest BCUT2D eigenvalue weighted by Gasteiger charge is 2.38. The van der Waals surface area contributed by atoms with E-state index in [9.17, 15) is 26.7 Å². The van der Waals surface area contributed by atoms with Crippen LogP contribution in [0.15, 0.2) is 35.4 Å². The van der Waals surface area contributed by atoms with Gasteiger partial charge in [0.2, 0.25) is 21.9 Å². The Hall–Kier alpha value is -2.48. The molecule has 164 valence electrons. The van der Waals surface area contributed by atoms with Crippen molar-refractivity contribution in [2.45, 2.75) is 36.1 Å². The predicted octanol–water partition coefficient (Wildman–Crippen LogP) is 1.81. The number of benzene rings is 1. The summed E-state index contributed by atoms with van der Waals surface area (Å²) >= 11 is 0. The molecule has 9 nitrogen and oxygen atoms in total. The Balaban J connectivity index is 1.86. The first-order chi connectivity index (χ1) is 14.0. The number of nitrogens with one attached hydrogen (secondary N) is 1. The molecule has 0 unspecified atom stereocenters. The van der Waals surface area contributed by atoms with Crippen LogP contribution in [0, 0.1) is 0 Å². The van der Waals surface area contributed by atoms with E-state index in [1.54, 1.807) is 0 Å². The molecule has 1 aliphatic rings. The largest absolute Gasteiger partial charge is 0.471 e. The van der Waals surface area contributed by atoms with E-state index >= 15 is 0 Å². The van der Waals surface area contributed by atoms with E-state index in [4.69, 9.17) is 14.6 Å². The number of hydrogen-bond donors (Lipinski definition) is 3. The Morgan fingerprint density at radius 3 is 2.50 bits per heavy atom. The van der Waals surface area contributed by atoms with Crippen molar-refractivity contribution in [1.29, 1.82) is 0 Å². The highest BCUT2D eigenvalue weighted by molar-refractivity contribution is 7.89. The van der Waals surface area contributed by atoms with Gasteiger partial charge in [-0.3, -0.25) is 0 Å². The number of halogens is 3. The molecule has 0 spiro atoms. The zero-order valence-corrected chi connectivity index (χ0v) is 16.3. The van der Waals surface area contributed by atoms with Crippen molar-refractivity contribution in [1.82, 2.24) is 9.97 Å². The van der Waals surface area contributed by atoms with Crippen LogP contribution < -0.4 is 15.2 Å². The first-order valence-electron chi connectivity index (χ1n) is 8.80. The maximum atomic E-state index is 13.4. The topological polar surface area (TPSA) is 137 Å². The second kappa shape index (κ2) is 8.71. The van der Waals surface area contributed by atoms with Crippen molar-refractivity contribution in [3.63, 3.8) is 0 Å². The van der Waals surface area contributed by atoms with E-state index in [0.717, 1.165) is 0 Å². The number of nitrogens with two attached hydrogens (primary N) is 1. The number of aliphatic hydroxyl groups excluding tert-OH is 1. The van der Waals surface area contributed by atoms with E-state index in [2.05, 4.69) is 15.3 Å². The number of sulfonamides is 1. The van der Waals surface area contributed by atoms with Gasteiger partial charge in [-0.05, 0) is 24.3 Å². The number of primary sulfonamides is 1. The third-order valence-corrected chi connectivity index (χ3v) is 5.22. The van der Waals surface area contributed by atoms with Crippen LogP contribution in [0.1, 0.15) is 18.4 Å². The average molecular weight is 448 g/mol. The highest BCUT2D eigenvalue weighted by Crippen LogP contribution is 2.36. The monoisotopic (exact) mass is 448 g/mol. The van der Waals surface area contributed by atoms with Crippen LogP contribution >= 0.6 is 0 Å². The van der Waals surface area contributed by atoms with Crippen molar-refractivity contribution in [3.8, 4) is 5.88 Å². The lowest BCUT2D eigenvalue weighted by Gasteiger charge is -2.23. The number of hydrogen-bond acceptors (Lipinski definition) is 8. The van der Waals surface area contributed by atoms with Crippen LogP contribution in [0.3, 0.4) is 0 Å². The molecule has 0 radical (unpaired) electrons. The number of ether oxygens (including phenoxy) is 2. The minimum Gasteiger partial charge on any atom is -0.471 e. The Bertz CT molecular complexity index is 986. The van der Waals surface area contributed by atoms with Crippen LogP contribution in [0.4, 0.5) is 24.8 Å². The zero-order chi connectivity index (χ0) is 21.9. The van der Waals surface area contributed by atoms with E-state index in [1.165, 1.54) is 24.3 Å². The summed E-state index contributed by atoms with van der Waals surface area (Å²) < 4.78 is 73.3. The Kier molecular flexibility index (Phi) is 6.45. The van der Waals surface area contributed by atoms with E-state index < -0.39 is 39.9 Å². The smallest absolute Gasteiger partial charge is 0.423 e. The minimum atomic E-state index is -4.77. The fourth-order valence-electron chi connectivity index (χ4n) is 2.73. The summed E-state index contributed by atoms with van der Waals surface area (Å²) in [5.74, 6) is -0.937. The summed E-state index contributed by atoms with van der Waals surface area (Å²) in [6.07, 6.45) is -5.71. The molecule has 30 heavy (non-hydrogen) atoms. The summed E-state index contributed by atoms with van der Waals surface area (Å²) in [7, 11) is -3.88. The van der Waals surface area contributed by atoms with Gasteiger partial charge in [0.1, 0.15) is 11.7 Å². The van der Waals surface area contributed by atoms with Crippen LogP contribution in [0.25, 0.3) is 0 Å². The van der Waals surface area contributed by atoms with E-state index in [0.29, 0.717) is 11.9 Å². The SMILES string of the molecule is NS(=O)(=O)c1ccc(Nc2ncc(C(F)(F)F)c(O[C@H]3CCOCC[C@H]3O)n2)cc1. The average Bonchev–Trinajstić information content (AvgIpc) is 2.85. The van der Waals surface area contributed by atoms with Crippen molar-refractivity contribution >= 4 is 21.7 Å². The minimum absolute atomic E-state index is 0.130. The summed E-state index contributed by atoms with van der Waals surface area (Å²) in [5, 5.41) is 17.8. The van der Waals surface area contributed by atoms with Crippen LogP contribution in [-0.2, 0) is 20.9 Å². The van der Waals surface area contributed by atoms with Gasteiger partial charge in [-0.2, -0.15) is 18.2 Å². The molecule has 1 fully saturated rings. The summed E-state index contributed by atoms with van der Waals surface area (Å²) in [6, 6.07) is 5.16. The van der Waals surface area contributed by atoms with Gasteiger partial charge in [0.25, 0.3) is 0 Å². The molecule has 1 aromatic heterocycles. The zero-order valence-electron chi connectivity index (χ0n) is 15.5. The van der Waals surface area contributed by atoms with E-state index in [-0.39, 0.29) is 36.9 Å². The Labute approximate surface area is 170 Å². The van der Waals surface area contributed by atoms with Gasteiger partial charge >= 0.3 is 6.18 Å². The molecule has 0 amide bonds. The summed E-state index contributed by atoms with van der Waals surface area (Å²) in [6.45, 7) is 0.508. The van der Waals surface area contributed by atoms with Gasteiger partial charge in [-0.1, -0.05) is 0 Å². The molecule has 2 atom stereocenters. The molecule has 1 saturated heterocycles. The lowest BCUT2D eigenvalue weighted by Crippen LogP contribution is -2.32. The van der Waals surface area contributed by atoms with Crippen LogP contribution in [0.5, 0.6) is 5.88 Å². The Morgan fingerprint density at radius 2 is 1.87 bits per heavy atom. The standard InChI is InChI=1S/C17H19F3N4O5S/c18-17(19,20)12-9-22-16(23-10-1-3-11(4-2-10)30(21,26)27)24-15(12)29-14-6-8-28-7-5-13(14)25/h1-4,9,13-14,25H,5-8H2,(H2,21,26,27)(H,22,23,24)/t13-,14+/m1/s1. The van der Waals surface area contributed by atoms with E-state index in [1.807, 2.05) is 0 Å². The first-order valence-corrected chi connectivity index (χ1v) is 10.4. The van der Waals surface area contributed by atoms with Gasteiger partial charge in [0.05, 0.1) is 17.6 Å². The third-order valence-electron chi connectivity index (χ3n) is 4.30. The molecule has 13 heteroatoms. The van der Waals surface area contributed by atoms with Gasteiger partial charge in [-0.25, -0.2) is 18.5 Å². The van der Waals surface area contributed by atoms with Crippen molar-refractivity contribution in [2.75, 3.05) is 18.5 Å². The molecule has 1 aliphatic heterocycles. The van der Waals surface area contributed by atoms with Crippen molar-refractivity contribution in [3.05, 3.63) is 36.0 Å².